The van der Waals surface area contributed by atoms with Gasteiger partial charge in [0.1, 0.15) is 17.1 Å². The summed E-state index contributed by atoms with van der Waals surface area (Å²) in [7, 11) is 1.45. The second kappa shape index (κ2) is 8.05. The number of nitrogens with one attached hydrogen (secondary N) is 1. The lowest BCUT2D eigenvalue weighted by atomic mass is 9.82. The summed E-state index contributed by atoms with van der Waals surface area (Å²) in [5.41, 5.74) is -0.390. The van der Waals surface area contributed by atoms with Gasteiger partial charge in [0.25, 0.3) is 5.91 Å². The SMILES string of the molecule is COc1cc2nn([C@H]3C[C@H](CI)C3)cc2cc1NC(=O)c1cccc(C(F)(F)F)n1. The average molecular weight is 530 g/mol. The summed E-state index contributed by atoms with van der Waals surface area (Å²) in [5, 5.41) is 8.02. The van der Waals surface area contributed by atoms with E-state index in [2.05, 4.69) is 38.0 Å². The van der Waals surface area contributed by atoms with Crippen LogP contribution >= 0.6 is 22.6 Å². The number of pyridine rings is 1. The van der Waals surface area contributed by atoms with E-state index in [4.69, 9.17) is 4.74 Å². The van der Waals surface area contributed by atoms with E-state index in [0.717, 1.165) is 40.3 Å². The predicted molar refractivity (Wildman–Crippen MR) is 114 cm³/mol. The summed E-state index contributed by atoms with van der Waals surface area (Å²) in [6.45, 7) is 0. The van der Waals surface area contributed by atoms with Crippen molar-refractivity contribution in [1.82, 2.24) is 14.8 Å². The maximum absolute atomic E-state index is 12.9. The van der Waals surface area contributed by atoms with E-state index in [1.807, 2.05) is 10.9 Å². The van der Waals surface area contributed by atoms with Crippen molar-refractivity contribution in [2.75, 3.05) is 16.9 Å². The Balaban J connectivity index is 1.59. The molecule has 0 spiro atoms. The molecule has 6 nitrogen and oxygen atoms in total. The maximum Gasteiger partial charge on any atom is 0.433 e. The van der Waals surface area contributed by atoms with Crippen LogP contribution < -0.4 is 10.1 Å². The second-order valence-corrected chi connectivity index (χ2v) is 8.11. The van der Waals surface area contributed by atoms with E-state index in [9.17, 15) is 18.0 Å². The third-order valence-electron chi connectivity index (χ3n) is 5.17. The van der Waals surface area contributed by atoms with Gasteiger partial charge in [-0.25, -0.2) is 4.98 Å². The Morgan fingerprint density at radius 3 is 2.77 bits per heavy atom. The van der Waals surface area contributed by atoms with Crippen LogP contribution in [0.1, 0.15) is 35.1 Å². The molecule has 3 aromatic rings. The van der Waals surface area contributed by atoms with Crippen molar-refractivity contribution in [2.24, 2.45) is 5.92 Å². The number of fused-ring (bicyclic) bond motifs is 1. The molecule has 0 atom stereocenters. The van der Waals surface area contributed by atoms with Gasteiger partial charge in [0, 0.05) is 22.1 Å². The first-order chi connectivity index (χ1) is 14.3. The maximum atomic E-state index is 12.9. The van der Waals surface area contributed by atoms with Crippen LogP contribution in [0.2, 0.25) is 0 Å². The Hall–Kier alpha value is -2.37. The fourth-order valence-electron chi connectivity index (χ4n) is 3.47. The standard InChI is InChI=1S/C20H18F3IN4O2/c1-30-17-8-15-12(10-28(27-15)13-5-11(6-13)9-24)7-16(17)26-19(29)14-3-2-4-18(25-14)20(21,22)23/h2-4,7-8,10-11,13H,5-6,9H2,1H3,(H,26,29)/t11-,13-. The van der Waals surface area contributed by atoms with Crippen LogP contribution in [0.3, 0.4) is 0 Å². The Morgan fingerprint density at radius 2 is 2.10 bits per heavy atom. The molecule has 1 aliphatic rings. The molecule has 1 saturated carbocycles. The molecule has 30 heavy (non-hydrogen) atoms. The first-order valence-corrected chi connectivity index (χ1v) is 10.8. The molecule has 10 heteroatoms. The highest BCUT2D eigenvalue weighted by atomic mass is 127. The molecule has 0 aliphatic heterocycles. The summed E-state index contributed by atoms with van der Waals surface area (Å²) in [5.74, 6) is 0.328. The summed E-state index contributed by atoms with van der Waals surface area (Å²) in [4.78, 5) is 15.9. The van der Waals surface area contributed by atoms with Crippen molar-refractivity contribution in [3.63, 3.8) is 0 Å². The minimum Gasteiger partial charge on any atom is -0.494 e. The smallest absolute Gasteiger partial charge is 0.433 e. The molecule has 2 aromatic heterocycles. The first kappa shape index (κ1) is 20.9. The number of methoxy groups -OCH3 is 1. The van der Waals surface area contributed by atoms with Crippen LogP contribution in [-0.2, 0) is 6.18 Å². The van der Waals surface area contributed by atoms with Crippen LogP contribution in [-0.4, -0.2) is 32.2 Å². The fraction of sp³-hybridized carbons (Fsp3) is 0.350. The van der Waals surface area contributed by atoms with Crippen LogP contribution in [0.5, 0.6) is 5.75 Å². The van der Waals surface area contributed by atoms with Crippen molar-refractivity contribution in [2.45, 2.75) is 25.1 Å². The van der Waals surface area contributed by atoms with Gasteiger partial charge in [0.15, 0.2) is 0 Å². The van der Waals surface area contributed by atoms with Crippen molar-refractivity contribution < 1.29 is 22.7 Å². The summed E-state index contributed by atoms with van der Waals surface area (Å²) in [6, 6.07) is 6.97. The number of nitrogens with zero attached hydrogens (tertiary/aromatic N) is 3. The van der Waals surface area contributed by atoms with Gasteiger partial charge in [0.2, 0.25) is 0 Å². The summed E-state index contributed by atoms with van der Waals surface area (Å²) in [6.07, 6.45) is -0.544. The van der Waals surface area contributed by atoms with Gasteiger partial charge in [-0.1, -0.05) is 28.7 Å². The van der Waals surface area contributed by atoms with Gasteiger partial charge in [-0.15, -0.1) is 0 Å². The molecular formula is C20H18F3IN4O2. The molecule has 1 fully saturated rings. The van der Waals surface area contributed by atoms with Crippen molar-refractivity contribution in [1.29, 1.82) is 0 Å². The zero-order chi connectivity index (χ0) is 21.5. The number of carbonyl (C=O) groups is 1. The van der Waals surface area contributed by atoms with Gasteiger partial charge in [0.05, 0.1) is 24.4 Å². The van der Waals surface area contributed by atoms with Gasteiger partial charge in [-0.2, -0.15) is 18.3 Å². The highest BCUT2D eigenvalue weighted by Crippen LogP contribution is 2.40. The molecule has 1 aromatic carbocycles. The highest BCUT2D eigenvalue weighted by Gasteiger charge is 2.33. The van der Waals surface area contributed by atoms with Gasteiger partial charge < -0.3 is 10.1 Å². The van der Waals surface area contributed by atoms with E-state index in [1.54, 1.807) is 12.1 Å². The Kier molecular flexibility index (Phi) is 5.60. The second-order valence-electron chi connectivity index (χ2n) is 7.23. The van der Waals surface area contributed by atoms with E-state index in [-0.39, 0.29) is 5.69 Å². The van der Waals surface area contributed by atoms with Crippen LogP contribution in [0.25, 0.3) is 10.9 Å². The quantitative estimate of drug-likeness (QED) is 0.369. The number of hydrogen-bond acceptors (Lipinski definition) is 4. The molecule has 0 bridgehead atoms. The minimum atomic E-state index is -4.63. The molecule has 0 saturated heterocycles. The fourth-order valence-corrected chi connectivity index (χ4v) is 4.19. The number of aromatic nitrogens is 3. The molecule has 1 N–H and O–H groups in total. The highest BCUT2D eigenvalue weighted by molar-refractivity contribution is 14.1. The predicted octanol–water partition coefficient (Wildman–Crippen LogP) is 5.10. The Labute approximate surface area is 183 Å². The zero-order valence-electron chi connectivity index (χ0n) is 15.9. The van der Waals surface area contributed by atoms with Gasteiger partial charge in [-0.05, 0) is 37.0 Å². The number of benzene rings is 1. The number of rotatable bonds is 5. The number of halogens is 4. The Bertz CT molecular complexity index is 1090. The Morgan fingerprint density at radius 1 is 1.33 bits per heavy atom. The summed E-state index contributed by atoms with van der Waals surface area (Å²) >= 11 is 2.39. The monoisotopic (exact) mass is 530 g/mol. The molecule has 1 aliphatic carbocycles. The number of carbonyl (C=O) groups excluding carboxylic acids is 1. The van der Waals surface area contributed by atoms with E-state index >= 15 is 0 Å². The number of anilines is 1. The molecule has 2 heterocycles. The number of alkyl halides is 4. The average Bonchev–Trinajstić information content (AvgIpc) is 3.08. The van der Waals surface area contributed by atoms with Crippen LogP contribution in [0, 0.1) is 5.92 Å². The van der Waals surface area contributed by atoms with Crippen LogP contribution in [0.15, 0.2) is 36.5 Å². The zero-order valence-corrected chi connectivity index (χ0v) is 18.1. The molecular weight excluding hydrogens is 512 g/mol. The van der Waals surface area contributed by atoms with Crippen molar-refractivity contribution in [3.8, 4) is 5.75 Å². The van der Waals surface area contributed by atoms with Gasteiger partial charge >= 0.3 is 6.18 Å². The largest absolute Gasteiger partial charge is 0.494 e. The molecule has 0 unspecified atom stereocenters. The van der Waals surface area contributed by atoms with Crippen molar-refractivity contribution in [3.05, 3.63) is 47.9 Å². The van der Waals surface area contributed by atoms with Gasteiger partial charge in [-0.3, -0.25) is 9.48 Å². The molecule has 4 rings (SSSR count). The van der Waals surface area contributed by atoms with E-state index < -0.39 is 17.8 Å². The van der Waals surface area contributed by atoms with Crippen LogP contribution in [0.4, 0.5) is 18.9 Å². The lowest BCUT2D eigenvalue weighted by molar-refractivity contribution is -0.141. The third kappa shape index (κ3) is 4.09. The third-order valence-corrected chi connectivity index (χ3v) is 6.41. The number of hydrogen-bond donors (Lipinski definition) is 1. The number of ether oxygens (including phenoxy) is 1. The van der Waals surface area contributed by atoms with Crippen molar-refractivity contribution >= 4 is 45.1 Å². The van der Waals surface area contributed by atoms with E-state index in [0.29, 0.717) is 23.4 Å². The molecule has 158 valence electrons. The summed E-state index contributed by atoms with van der Waals surface area (Å²) < 4.78 is 47.0. The first-order valence-electron chi connectivity index (χ1n) is 9.27. The number of amides is 1. The van der Waals surface area contributed by atoms with E-state index in [1.165, 1.54) is 13.2 Å². The normalized spacial score (nSPS) is 18.8. The minimum absolute atomic E-state index is 0.332. The lowest BCUT2D eigenvalue weighted by Gasteiger charge is -2.34. The topological polar surface area (TPSA) is 69.0 Å². The lowest BCUT2D eigenvalue weighted by Crippen LogP contribution is -2.27. The molecule has 0 radical (unpaired) electrons. The molecule has 1 amide bonds.